The Kier molecular flexibility index (Phi) is 7.00. The molecule has 1 aromatic carbocycles. The van der Waals surface area contributed by atoms with Gasteiger partial charge in [-0.15, -0.1) is 0 Å². The summed E-state index contributed by atoms with van der Waals surface area (Å²) in [6.07, 6.45) is 0.492. The predicted molar refractivity (Wildman–Crippen MR) is 77.8 cm³/mol. The van der Waals surface area contributed by atoms with Crippen LogP contribution in [0.2, 0.25) is 5.02 Å². The highest BCUT2D eigenvalue weighted by atomic mass is 35.5. The summed E-state index contributed by atoms with van der Waals surface area (Å²) in [6.45, 7) is 0.923. The van der Waals surface area contributed by atoms with Gasteiger partial charge in [0.1, 0.15) is 6.04 Å². The number of carbonyl (C=O) groups is 2. The minimum atomic E-state index is -1.07. The Morgan fingerprint density at radius 1 is 1.40 bits per heavy atom. The van der Waals surface area contributed by atoms with E-state index in [1.54, 1.807) is 24.3 Å². The van der Waals surface area contributed by atoms with Crippen LogP contribution in [-0.2, 0) is 9.59 Å². The molecule has 0 unspecified atom stereocenters. The van der Waals surface area contributed by atoms with Crippen molar-refractivity contribution < 1.29 is 14.7 Å². The molecule has 110 valence electrons. The van der Waals surface area contributed by atoms with Crippen LogP contribution in [0.1, 0.15) is 12.8 Å². The van der Waals surface area contributed by atoms with Crippen molar-refractivity contribution in [2.45, 2.75) is 18.9 Å². The molecule has 0 saturated heterocycles. The molecule has 0 saturated carbocycles. The highest BCUT2D eigenvalue weighted by molar-refractivity contribution is 6.30. The molecule has 0 fully saturated rings. The predicted octanol–water partition coefficient (Wildman–Crippen LogP) is 1.06. The summed E-state index contributed by atoms with van der Waals surface area (Å²) in [4.78, 5) is 22.8. The van der Waals surface area contributed by atoms with Crippen molar-refractivity contribution in [3.05, 3.63) is 29.3 Å². The molecular weight excluding hydrogens is 282 g/mol. The molecule has 5 N–H and O–H groups in total. The number of anilines is 1. The fourth-order valence-corrected chi connectivity index (χ4v) is 1.78. The lowest BCUT2D eigenvalue weighted by atomic mass is 10.2. The number of aliphatic carboxylic acids is 1. The van der Waals surface area contributed by atoms with Gasteiger partial charge in [0.25, 0.3) is 0 Å². The Labute approximate surface area is 122 Å². The summed E-state index contributed by atoms with van der Waals surface area (Å²) in [5.74, 6) is -1.46. The van der Waals surface area contributed by atoms with Gasteiger partial charge in [-0.3, -0.25) is 9.59 Å². The van der Waals surface area contributed by atoms with Crippen LogP contribution in [-0.4, -0.2) is 36.1 Å². The number of amides is 1. The van der Waals surface area contributed by atoms with Gasteiger partial charge in [-0.2, -0.15) is 0 Å². The lowest BCUT2D eigenvalue weighted by Gasteiger charge is -2.14. The number of carbonyl (C=O) groups excluding carboxylic acids is 1. The number of nitrogens with two attached hydrogens (primary N) is 1. The van der Waals surface area contributed by atoms with Gasteiger partial charge in [-0.05, 0) is 37.7 Å². The molecular formula is C13H18ClN3O3. The van der Waals surface area contributed by atoms with Gasteiger partial charge in [0.05, 0.1) is 6.42 Å². The third-order valence-electron chi connectivity index (χ3n) is 2.57. The number of hydrogen-bond acceptors (Lipinski definition) is 4. The second-order valence-corrected chi connectivity index (χ2v) is 4.69. The van der Waals surface area contributed by atoms with Crippen LogP contribution in [0, 0.1) is 0 Å². The molecule has 1 atom stereocenters. The maximum atomic E-state index is 11.8. The molecule has 0 aliphatic carbocycles. The minimum absolute atomic E-state index is 0.160. The number of carboxylic acid groups (broad SMARTS) is 1. The topological polar surface area (TPSA) is 104 Å². The van der Waals surface area contributed by atoms with E-state index in [0.29, 0.717) is 30.2 Å². The van der Waals surface area contributed by atoms with Crippen molar-refractivity contribution in [1.29, 1.82) is 0 Å². The van der Waals surface area contributed by atoms with Gasteiger partial charge in [0.15, 0.2) is 0 Å². The van der Waals surface area contributed by atoms with E-state index in [1.165, 1.54) is 0 Å². The standard InChI is InChI=1S/C13H18ClN3O3/c14-9-3-1-4-10(7-9)17-12(18)8-11(13(19)20)16-6-2-5-15/h1,3-4,7,11,16H,2,5-6,8,15H2,(H,17,18)(H,19,20)/t11-/m0/s1. The largest absolute Gasteiger partial charge is 0.480 e. The number of carboxylic acids is 1. The molecule has 1 rings (SSSR count). The van der Waals surface area contributed by atoms with Crippen LogP contribution >= 0.6 is 11.6 Å². The van der Waals surface area contributed by atoms with Gasteiger partial charge in [0.2, 0.25) is 5.91 Å². The average molecular weight is 300 g/mol. The monoisotopic (exact) mass is 299 g/mol. The fourth-order valence-electron chi connectivity index (χ4n) is 1.59. The first-order valence-corrected chi connectivity index (χ1v) is 6.62. The summed E-state index contributed by atoms with van der Waals surface area (Å²) in [7, 11) is 0. The van der Waals surface area contributed by atoms with E-state index in [4.69, 9.17) is 22.4 Å². The summed E-state index contributed by atoms with van der Waals surface area (Å²) >= 11 is 5.80. The van der Waals surface area contributed by atoms with Gasteiger partial charge < -0.3 is 21.5 Å². The fraction of sp³-hybridized carbons (Fsp3) is 0.385. The lowest BCUT2D eigenvalue weighted by Crippen LogP contribution is -2.40. The Morgan fingerprint density at radius 2 is 2.15 bits per heavy atom. The summed E-state index contributed by atoms with van der Waals surface area (Å²) < 4.78 is 0. The van der Waals surface area contributed by atoms with Crippen LogP contribution in [0.5, 0.6) is 0 Å². The Morgan fingerprint density at radius 3 is 2.75 bits per heavy atom. The minimum Gasteiger partial charge on any atom is -0.480 e. The number of halogens is 1. The number of nitrogens with one attached hydrogen (secondary N) is 2. The lowest BCUT2D eigenvalue weighted by molar-refractivity contribution is -0.141. The molecule has 6 nitrogen and oxygen atoms in total. The zero-order valence-electron chi connectivity index (χ0n) is 10.9. The van der Waals surface area contributed by atoms with Crippen molar-refractivity contribution in [1.82, 2.24) is 5.32 Å². The molecule has 7 heteroatoms. The first-order chi connectivity index (χ1) is 9.52. The second-order valence-electron chi connectivity index (χ2n) is 4.25. The first-order valence-electron chi connectivity index (χ1n) is 6.24. The van der Waals surface area contributed by atoms with Crippen LogP contribution in [0.15, 0.2) is 24.3 Å². The van der Waals surface area contributed by atoms with Crippen molar-refractivity contribution in [3.8, 4) is 0 Å². The summed E-state index contributed by atoms with van der Waals surface area (Å²) in [6, 6.07) is 5.73. The molecule has 20 heavy (non-hydrogen) atoms. The number of hydrogen-bond donors (Lipinski definition) is 4. The number of rotatable bonds is 8. The molecule has 0 heterocycles. The molecule has 1 amide bonds. The highest BCUT2D eigenvalue weighted by Crippen LogP contribution is 2.15. The van der Waals surface area contributed by atoms with E-state index in [2.05, 4.69) is 10.6 Å². The van der Waals surface area contributed by atoms with Gasteiger partial charge in [0, 0.05) is 10.7 Å². The zero-order chi connectivity index (χ0) is 15.0. The maximum absolute atomic E-state index is 11.8. The third-order valence-corrected chi connectivity index (χ3v) is 2.80. The van der Waals surface area contributed by atoms with Crippen molar-refractivity contribution in [2.24, 2.45) is 5.73 Å². The summed E-state index contributed by atoms with van der Waals surface area (Å²) in [5.41, 5.74) is 5.86. The molecule has 0 radical (unpaired) electrons. The molecule has 0 aromatic heterocycles. The van der Waals surface area contributed by atoms with Gasteiger partial charge in [-0.25, -0.2) is 0 Å². The molecule has 0 aliphatic heterocycles. The van der Waals surface area contributed by atoms with E-state index in [-0.39, 0.29) is 12.3 Å². The van der Waals surface area contributed by atoms with Crippen molar-refractivity contribution in [2.75, 3.05) is 18.4 Å². The SMILES string of the molecule is NCCCN[C@@H](CC(=O)Nc1cccc(Cl)c1)C(=O)O. The smallest absolute Gasteiger partial charge is 0.321 e. The quantitative estimate of drug-likeness (QED) is 0.537. The maximum Gasteiger partial charge on any atom is 0.321 e. The van der Waals surface area contributed by atoms with E-state index in [1.807, 2.05) is 0 Å². The van der Waals surface area contributed by atoms with Crippen LogP contribution in [0.3, 0.4) is 0 Å². The normalized spacial score (nSPS) is 11.9. The molecule has 1 aromatic rings. The zero-order valence-corrected chi connectivity index (χ0v) is 11.7. The average Bonchev–Trinajstić information content (AvgIpc) is 2.37. The van der Waals surface area contributed by atoms with Gasteiger partial charge >= 0.3 is 5.97 Å². The van der Waals surface area contributed by atoms with E-state index < -0.39 is 12.0 Å². The van der Waals surface area contributed by atoms with Crippen LogP contribution in [0.25, 0.3) is 0 Å². The molecule has 0 aliphatic rings. The van der Waals surface area contributed by atoms with Crippen molar-refractivity contribution in [3.63, 3.8) is 0 Å². The summed E-state index contributed by atoms with van der Waals surface area (Å²) in [5, 5.41) is 14.9. The highest BCUT2D eigenvalue weighted by Gasteiger charge is 2.20. The van der Waals surface area contributed by atoms with E-state index in [9.17, 15) is 9.59 Å². The number of benzene rings is 1. The van der Waals surface area contributed by atoms with Gasteiger partial charge in [-0.1, -0.05) is 17.7 Å². The van der Waals surface area contributed by atoms with Crippen LogP contribution in [0.4, 0.5) is 5.69 Å². The second kappa shape index (κ2) is 8.52. The third kappa shape index (κ3) is 6.01. The Bertz CT molecular complexity index is 468. The van der Waals surface area contributed by atoms with E-state index in [0.717, 1.165) is 0 Å². The molecule has 0 bridgehead atoms. The molecule has 0 spiro atoms. The Balaban J connectivity index is 2.51. The van der Waals surface area contributed by atoms with Crippen molar-refractivity contribution >= 4 is 29.2 Å². The van der Waals surface area contributed by atoms with E-state index >= 15 is 0 Å². The first kappa shape index (κ1) is 16.4. The van der Waals surface area contributed by atoms with Crippen LogP contribution < -0.4 is 16.4 Å². The Hall–Kier alpha value is -1.63.